The number of anilines is 1. The van der Waals surface area contributed by atoms with Crippen LogP contribution in [0.4, 0.5) is 5.69 Å². The molecule has 2 amide bonds. The molecular weight excluding hydrogens is 378 g/mol. The minimum Gasteiger partial charge on any atom is -0.495 e. The number of likely N-dealkylation sites (tertiary alicyclic amines) is 2. The number of hydrogen-bond acceptors (Lipinski definition) is 4. The maximum atomic E-state index is 12.5. The topological polar surface area (TPSA) is 61.9 Å². The smallest absolute Gasteiger partial charge is 0.238 e. The van der Waals surface area contributed by atoms with Gasteiger partial charge in [-0.15, -0.1) is 0 Å². The summed E-state index contributed by atoms with van der Waals surface area (Å²) >= 11 is 6.12. The van der Waals surface area contributed by atoms with E-state index < -0.39 is 0 Å². The molecule has 6 nitrogen and oxygen atoms in total. The van der Waals surface area contributed by atoms with Crippen LogP contribution in [0.1, 0.15) is 37.7 Å². The lowest BCUT2D eigenvalue weighted by Gasteiger charge is -2.32. The Hall–Kier alpha value is -1.79. The zero-order chi connectivity index (χ0) is 20.1. The van der Waals surface area contributed by atoms with Gasteiger partial charge in [-0.1, -0.05) is 11.6 Å². The Kier molecular flexibility index (Phi) is 7.18. The number of halogens is 1. The normalized spacial score (nSPS) is 18.3. The van der Waals surface area contributed by atoms with Crippen LogP contribution in [0, 0.1) is 12.8 Å². The van der Waals surface area contributed by atoms with Crippen LogP contribution in [0.25, 0.3) is 0 Å². The van der Waals surface area contributed by atoms with Crippen molar-refractivity contribution in [3.8, 4) is 5.75 Å². The molecule has 2 aliphatic rings. The number of aryl methyl sites for hydroxylation is 1. The highest BCUT2D eigenvalue weighted by Gasteiger charge is 2.26. The predicted molar refractivity (Wildman–Crippen MR) is 111 cm³/mol. The van der Waals surface area contributed by atoms with Gasteiger partial charge in [-0.2, -0.15) is 0 Å². The van der Waals surface area contributed by atoms with Gasteiger partial charge in [-0.05, 0) is 63.2 Å². The molecule has 28 heavy (non-hydrogen) atoms. The molecule has 0 aromatic heterocycles. The first kappa shape index (κ1) is 20.9. The van der Waals surface area contributed by atoms with E-state index >= 15 is 0 Å². The van der Waals surface area contributed by atoms with Crippen LogP contribution >= 0.6 is 11.6 Å². The van der Waals surface area contributed by atoms with Crippen LogP contribution in [0.2, 0.25) is 5.02 Å². The van der Waals surface area contributed by atoms with Gasteiger partial charge in [0.1, 0.15) is 5.75 Å². The van der Waals surface area contributed by atoms with Crippen molar-refractivity contribution < 1.29 is 14.3 Å². The van der Waals surface area contributed by atoms with Crippen molar-refractivity contribution in [2.75, 3.05) is 45.2 Å². The SMILES string of the molecule is COc1cc(Cl)c(C)cc1NC(=O)CN1CCC(CC(=O)N2CCCC2)CC1. The highest BCUT2D eigenvalue weighted by Crippen LogP contribution is 2.31. The summed E-state index contributed by atoms with van der Waals surface area (Å²) in [4.78, 5) is 28.9. The Bertz CT molecular complexity index is 711. The Morgan fingerprint density at radius 2 is 1.86 bits per heavy atom. The van der Waals surface area contributed by atoms with Crippen molar-refractivity contribution in [3.05, 3.63) is 22.7 Å². The van der Waals surface area contributed by atoms with Gasteiger partial charge in [0.25, 0.3) is 0 Å². The number of amides is 2. The van der Waals surface area contributed by atoms with Crippen molar-refractivity contribution in [3.63, 3.8) is 0 Å². The monoisotopic (exact) mass is 407 g/mol. The molecule has 0 aliphatic carbocycles. The Labute approximate surface area is 172 Å². The van der Waals surface area contributed by atoms with E-state index in [2.05, 4.69) is 10.2 Å². The summed E-state index contributed by atoms with van der Waals surface area (Å²) in [6.07, 6.45) is 4.86. The fourth-order valence-electron chi connectivity index (χ4n) is 4.01. The van der Waals surface area contributed by atoms with Gasteiger partial charge >= 0.3 is 0 Å². The molecule has 2 saturated heterocycles. The molecule has 3 rings (SSSR count). The van der Waals surface area contributed by atoms with E-state index in [1.54, 1.807) is 13.2 Å². The third-order valence-electron chi connectivity index (χ3n) is 5.75. The fourth-order valence-corrected chi connectivity index (χ4v) is 4.17. The third kappa shape index (κ3) is 5.39. The van der Waals surface area contributed by atoms with Crippen LogP contribution in [-0.4, -0.2) is 61.4 Å². The van der Waals surface area contributed by atoms with E-state index in [0.717, 1.165) is 57.4 Å². The van der Waals surface area contributed by atoms with Crippen molar-refractivity contribution in [2.45, 2.75) is 39.0 Å². The molecule has 1 aromatic carbocycles. The Balaban J connectivity index is 1.45. The van der Waals surface area contributed by atoms with E-state index in [9.17, 15) is 9.59 Å². The highest BCUT2D eigenvalue weighted by atomic mass is 35.5. The van der Waals surface area contributed by atoms with Crippen molar-refractivity contribution in [1.29, 1.82) is 0 Å². The average molecular weight is 408 g/mol. The predicted octanol–water partition coefficient (Wildman–Crippen LogP) is 3.32. The second-order valence-corrected chi connectivity index (χ2v) is 8.27. The first-order valence-corrected chi connectivity index (χ1v) is 10.5. The van der Waals surface area contributed by atoms with Crippen LogP contribution in [0.3, 0.4) is 0 Å². The van der Waals surface area contributed by atoms with E-state index in [1.807, 2.05) is 17.9 Å². The van der Waals surface area contributed by atoms with Crippen LogP contribution in [0.15, 0.2) is 12.1 Å². The molecule has 2 aliphatic heterocycles. The molecule has 0 saturated carbocycles. The zero-order valence-corrected chi connectivity index (χ0v) is 17.6. The molecule has 2 fully saturated rings. The molecule has 7 heteroatoms. The first-order valence-electron chi connectivity index (χ1n) is 10.1. The molecule has 1 N–H and O–H groups in total. The van der Waals surface area contributed by atoms with Gasteiger partial charge in [0, 0.05) is 30.6 Å². The number of carbonyl (C=O) groups is 2. The number of benzene rings is 1. The Morgan fingerprint density at radius 1 is 1.18 bits per heavy atom. The zero-order valence-electron chi connectivity index (χ0n) is 16.8. The number of rotatable bonds is 6. The second kappa shape index (κ2) is 9.61. The molecule has 0 radical (unpaired) electrons. The van der Waals surface area contributed by atoms with Gasteiger partial charge in [-0.3, -0.25) is 14.5 Å². The number of piperidine rings is 1. The van der Waals surface area contributed by atoms with Crippen molar-refractivity contribution >= 4 is 29.1 Å². The number of ether oxygens (including phenoxy) is 1. The lowest BCUT2D eigenvalue weighted by atomic mass is 9.93. The lowest BCUT2D eigenvalue weighted by molar-refractivity contribution is -0.131. The van der Waals surface area contributed by atoms with Crippen LogP contribution in [-0.2, 0) is 9.59 Å². The van der Waals surface area contributed by atoms with E-state index in [-0.39, 0.29) is 5.91 Å². The number of carbonyl (C=O) groups excluding carboxylic acids is 2. The number of hydrogen-bond donors (Lipinski definition) is 1. The second-order valence-electron chi connectivity index (χ2n) is 7.86. The largest absolute Gasteiger partial charge is 0.495 e. The third-order valence-corrected chi connectivity index (χ3v) is 6.16. The summed E-state index contributed by atoms with van der Waals surface area (Å²) in [6, 6.07) is 3.55. The summed E-state index contributed by atoms with van der Waals surface area (Å²) in [5, 5.41) is 3.54. The number of methoxy groups -OCH3 is 1. The van der Waals surface area contributed by atoms with Gasteiger partial charge in [0.05, 0.1) is 19.3 Å². The summed E-state index contributed by atoms with van der Waals surface area (Å²) < 4.78 is 5.32. The summed E-state index contributed by atoms with van der Waals surface area (Å²) in [5.74, 6) is 1.24. The molecule has 0 spiro atoms. The van der Waals surface area contributed by atoms with Gasteiger partial charge < -0.3 is 15.0 Å². The first-order chi connectivity index (χ1) is 13.5. The minimum atomic E-state index is -0.0633. The fraction of sp³-hybridized carbons (Fsp3) is 0.619. The lowest BCUT2D eigenvalue weighted by Crippen LogP contribution is -2.40. The van der Waals surface area contributed by atoms with E-state index in [4.69, 9.17) is 16.3 Å². The minimum absolute atomic E-state index is 0.0633. The molecule has 0 unspecified atom stereocenters. The van der Waals surface area contributed by atoms with Crippen LogP contribution in [0.5, 0.6) is 5.75 Å². The maximum absolute atomic E-state index is 12.5. The molecule has 2 heterocycles. The van der Waals surface area contributed by atoms with Gasteiger partial charge in [0.2, 0.25) is 11.8 Å². The summed E-state index contributed by atoms with van der Waals surface area (Å²) in [6.45, 7) is 5.78. The number of nitrogens with zero attached hydrogens (tertiary/aromatic N) is 2. The Morgan fingerprint density at radius 3 is 2.50 bits per heavy atom. The molecule has 0 atom stereocenters. The molecule has 0 bridgehead atoms. The molecular formula is C21H30ClN3O3. The number of nitrogens with one attached hydrogen (secondary N) is 1. The maximum Gasteiger partial charge on any atom is 0.238 e. The van der Waals surface area contributed by atoms with Crippen LogP contribution < -0.4 is 10.1 Å². The van der Waals surface area contributed by atoms with Crippen molar-refractivity contribution in [1.82, 2.24) is 9.80 Å². The van der Waals surface area contributed by atoms with Gasteiger partial charge in [-0.25, -0.2) is 0 Å². The average Bonchev–Trinajstić information content (AvgIpc) is 3.21. The summed E-state index contributed by atoms with van der Waals surface area (Å²) in [7, 11) is 1.56. The van der Waals surface area contributed by atoms with E-state index in [0.29, 0.717) is 41.3 Å². The van der Waals surface area contributed by atoms with E-state index in [1.165, 1.54) is 0 Å². The standard InChI is InChI=1S/C21H30ClN3O3/c1-15-11-18(19(28-2)13-17(15)22)23-20(26)14-24-9-5-16(6-10-24)12-21(27)25-7-3-4-8-25/h11,13,16H,3-10,12,14H2,1-2H3,(H,23,26). The molecule has 1 aromatic rings. The van der Waals surface area contributed by atoms with Crippen molar-refractivity contribution in [2.24, 2.45) is 5.92 Å². The van der Waals surface area contributed by atoms with Gasteiger partial charge in [0.15, 0.2) is 0 Å². The highest BCUT2D eigenvalue weighted by molar-refractivity contribution is 6.31. The quantitative estimate of drug-likeness (QED) is 0.785. The molecule has 154 valence electrons. The summed E-state index contributed by atoms with van der Waals surface area (Å²) in [5.41, 5.74) is 1.53.